The Kier molecular flexibility index (Phi) is 5.87. The van der Waals surface area contributed by atoms with Gasteiger partial charge >= 0.3 is 0 Å². The zero-order chi connectivity index (χ0) is 31.6. The summed E-state index contributed by atoms with van der Waals surface area (Å²) < 4.78 is 0. The third-order valence-electron chi connectivity index (χ3n) is 9.80. The van der Waals surface area contributed by atoms with Gasteiger partial charge in [-0.25, -0.2) is 4.98 Å². The molecule has 0 N–H and O–H groups in total. The fraction of sp³-hybridized carbons (Fsp3) is 0. The van der Waals surface area contributed by atoms with E-state index in [1.165, 1.54) is 54.2 Å². The zero-order valence-corrected chi connectivity index (χ0v) is 25.9. The summed E-state index contributed by atoms with van der Waals surface area (Å²) in [6.07, 6.45) is 7.42. The summed E-state index contributed by atoms with van der Waals surface area (Å²) in [7, 11) is 0. The lowest BCUT2D eigenvalue weighted by Gasteiger charge is -2.17. The number of benzene rings is 7. The molecule has 10 rings (SSSR count). The second-order valence-electron chi connectivity index (χ2n) is 12.5. The van der Waals surface area contributed by atoms with E-state index < -0.39 is 0 Å². The van der Waals surface area contributed by atoms with Crippen molar-refractivity contribution in [2.45, 2.75) is 0 Å². The van der Waals surface area contributed by atoms with Crippen molar-refractivity contribution in [1.82, 2.24) is 15.0 Å². The molecule has 3 heteroatoms. The topological polar surface area (TPSA) is 38.7 Å². The van der Waals surface area contributed by atoms with Crippen LogP contribution in [0.15, 0.2) is 164 Å². The highest BCUT2D eigenvalue weighted by Gasteiger charge is 2.17. The summed E-state index contributed by atoms with van der Waals surface area (Å²) in [5.74, 6) is 0. The van der Waals surface area contributed by atoms with Crippen molar-refractivity contribution in [3.63, 3.8) is 0 Å². The van der Waals surface area contributed by atoms with Gasteiger partial charge in [-0.2, -0.15) is 0 Å². The number of nitrogens with zero attached hydrogens (tertiary/aromatic N) is 3. The molecule has 7 aromatic carbocycles. The largest absolute Gasteiger partial charge is 0.265 e. The Morgan fingerprint density at radius 2 is 0.854 bits per heavy atom. The lowest BCUT2D eigenvalue weighted by Crippen LogP contribution is -1.92. The summed E-state index contributed by atoms with van der Waals surface area (Å²) >= 11 is 0. The minimum absolute atomic E-state index is 0.990. The van der Waals surface area contributed by atoms with Crippen molar-refractivity contribution < 1.29 is 0 Å². The second kappa shape index (κ2) is 10.5. The van der Waals surface area contributed by atoms with E-state index in [-0.39, 0.29) is 0 Å². The van der Waals surface area contributed by atoms with Crippen LogP contribution in [-0.2, 0) is 0 Å². The standard InChI is InChI=1S/C45H27N3/c1-2-4-38-30(3-1)5-6-33-11-16-42(48-45(33)38)39-13-8-32-9-14-40-37(12-7-31-10-15-41(39)44(32)43(31)40)36-26-34(28-17-21-46-22-18-28)25-35(27-36)29-19-23-47-24-20-29/h1-27H. The molecule has 0 amide bonds. The van der Waals surface area contributed by atoms with Gasteiger partial charge in [0.05, 0.1) is 11.2 Å². The average molecular weight is 610 g/mol. The van der Waals surface area contributed by atoms with Gasteiger partial charge in [-0.05, 0) is 120 Å². The highest BCUT2D eigenvalue weighted by Crippen LogP contribution is 2.43. The molecule has 0 bridgehead atoms. The third-order valence-corrected chi connectivity index (χ3v) is 9.80. The maximum atomic E-state index is 5.29. The first-order valence-corrected chi connectivity index (χ1v) is 16.2. The van der Waals surface area contributed by atoms with Crippen LogP contribution in [0.1, 0.15) is 0 Å². The van der Waals surface area contributed by atoms with Crippen LogP contribution >= 0.6 is 0 Å². The Bertz CT molecular complexity index is 2770. The number of fused-ring (bicyclic) bond motifs is 3. The summed E-state index contributed by atoms with van der Waals surface area (Å²) in [4.78, 5) is 13.8. The molecule has 0 aliphatic carbocycles. The number of hydrogen-bond acceptors (Lipinski definition) is 3. The van der Waals surface area contributed by atoms with Crippen LogP contribution in [0.2, 0.25) is 0 Å². The van der Waals surface area contributed by atoms with Crippen LogP contribution in [0.5, 0.6) is 0 Å². The molecule has 3 heterocycles. The van der Waals surface area contributed by atoms with E-state index in [0.717, 1.165) is 44.4 Å². The van der Waals surface area contributed by atoms with Crippen LogP contribution in [0.3, 0.4) is 0 Å². The summed E-state index contributed by atoms with van der Waals surface area (Å²) in [6, 6.07) is 50.6. The van der Waals surface area contributed by atoms with Crippen LogP contribution in [-0.4, -0.2) is 15.0 Å². The van der Waals surface area contributed by atoms with Crippen molar-refractivity contribution in [3.8, 4) is 44.6 Å². The predicted molar refractivity (Wildman–Crippen MR) is 200 cm³/mol. The summed E-state index contributed by atoms with van der Waals surface area (Å²) in [5.41, 5.74) is 10.2. The fourth-order valence-electron chi connectivity index (χ4n) is 7.49. The van der Waals surface area contributed by atoms with Gasteiger partial charge in [0.1, 0.15) is 0 Å². The average Bonchev–Trinajstić information content (AvgIpc) is 3.17. The Morgan fingerprint density at radius 1 is 0.333 bits per heavy atom. The Labute approximate surface area is 277 Å². The van der Waals surface area contributed by atoms with Crippen molar-refractivity contribution in [2.24, 2.45) is 0 Å². The van der Waals surface area contributed by atoms with Gasteiger partial charge in [0.25, 0.3) is 0 Å². The molecule has 222 valence electrons. The Balaban J connectivity index is 1.21. The van der Waals surface area contributed by atoms with E-state index in [1.54, 1.807) is 0 Å². The molecule has 0 atom stereocenters. The molecule has 3 aromatic heterocycles. The summed E-state index contributed by atoms with van der Waals surface area (Å²) in [6.45, 7) is 0. The van der Waals surface area contributed by atoms with E-state index in [1.807, 2.05) is 24.8 Å². The van der Waals surface area contributed by atoms with Crippen molar-refractivity contribution in [2.75, 3.05) is 0 Å². The quantitative estimate of drug-likeness (QED) is 0.186. The molecular formula is C45H27N3. The first-order valence-electron chi connectivity index (χ1n) is 16.2. The van der Waals surface area contributed by atoms with Gasteiger partial charge in [-0.1, -0.05) is 91.0 Å². The first-order chi connectivity index (χ1) is 23.8. The molecule has 0 saturated heterocycles. The second-order valence-corrected chi connectivity index (χ2v) is 12.5. The molecule has 0 radical (unpaired) electrons. The van der Waals surface area contributed by atoms with Gasteiger partial charge in [0.2, 0.25) is 0 Å². The molecule has 0 fully saturated rings. The van der Waals surface area contributed by atoms with E-state index in [2.05, 4.69) is 149 Å². The number of rotatable bonds is 4. The van der Waals surface area contributed by atoms with Crippen molar-refractivity contribution in [3.05, 3.63) is 164 Å². The smallest absolute Gasteiger partial charge is 0.0787 e. The van der Waals surface area contributed by atoms with E-state index in [0.29, 0.717) is 0 Å². The Hall–Kier alpha value is -6.45. The van der Waals surface area contributed by atoms with Crippen LogP contribution in [0, 0.1) is 0 Å². The highest BCUT2D eigenvalue weighted by molar-refractivity contribution is 6.27. The fourth-order valence-corrected chi connectivity index (χ4v) is 7.49. The molecule has 0 unspecified atom stereocenters. The third kappa shape index (κ3) is 4.18. The van der Waals surface area contributed by atoms with Gasteiger partial charge < -0.3 is 0 Å². The first kappa shape index (κ1) is 26.7. The minimum atomic E-state index is 0.990. The van der Waals surface area contributed by atoms with E-state index in [4.69, 9.17) is 4.98 Å². The molecule has 0 spiro atoms. The van der Waals surface area contributed by atoms with E-state index >= 15 is 0 Å². The molecule has 3 nitrogen and oxygen atoms in total. The molecule has 0 aliphatic heterocycles. The highest BCUT2D eigenvalue weighted by atomic mass is 14.7. The van der Waals surface area contributed by atoms with Crippen molar-refractivity contribution >= 4 is 54.0 Å². The lowest BCUT2D eigenvalue weighted by atomic mass is 9.86. The minimum Gasteiger partial charge on any atom is -0.265 e. The molecule has 0 aliphatic rings. The monoisotopic (exact) mass is 609 g/mol. The predicted octanol–water partition coefficient (Wildman–Crippen LogP) is 11.7. The lowest BCUT2D eigenvalue weighted by molar-refractivity contribution is 1.33. The summed E-state index contributed by atoms with van der Waals surface area (Å²) in [5, 5.41) is 11.0. The maximum absolute atomic E-state index is 5.29. The number of hydrogen-bond donors (Lipinski definition) is 0. The van der Waals surface area contributed by atoms with Gasteiger partial charge in [0.15, 0.2) is 0 Å². The maximum Gasteiger partial charge on any atom is 0.0787 e. The van der Waals surface area contributed by atoms with Crippen LogP contribution < -0.4 is 0 Å². The van der Waals surface area contributed by atoms with Gasteiger partial charge in [0, 0.05) is 41.1 Å². The number of pyridine rings is 3. The van der Waals surface area contributed by atoms with Gasteiger partial charge in [-0.15, -0.1) is 0 Å². The molecule has 0 saturated carbocycles. The van der Waals surface area contributed by atoms with Crippen LogP contribution in [0.25, 0.3) is 98.6 Å². The molecule has 48 heavy (non-hydrogen) atoms. The zero-order valence-electron chi connectivity index (χ0n) is 25.9. The molecular weight excluding hydrogens is 583 g/mol. The van der Waals surface area contributed by atoms with Crippen molar-refractivity contribution in [1.29, 1.82) is 0 Å². The molecule has 10 aromatic rings. The Morgan fingerprint density at radius 3 is 1.54 bits per heavy atom. The van der Waals surface area contributed by atoms with Gasteiger partial charge in [-0.3, -0.25) is 9.97 Å². The van der Waals surface area contributed by atoms with Crippen LogP contribution in [0.4, 0.5) is 0 Å². The SMILES string of the molecule is c1ccc2c(c1)ccc1ccc(-c3ccc4ccc5c(-c6cc(-c7ccncc7)cc(-c7ccncc7)c6)ccc6ccc3c4c65)nc12. The normalized spacial score (nSPS) is 11.8. The van der Waals surface area contributed by atoms with E-state index in [9.17, 15) is 0 Å². The number of aromatic nitrogens is 3.